The Morgan fingerprint density at radius 2 is 1.88 bits per heavy atom. The smallest absolute Gasteiger partial charge is 0.253 e. The van der Waals surface area contributed by atoms with Crippen molar-refractivity contribution < 1.29 is 13.2 Å². The Labute approximate surface area is 191 Å². The van der Waals surface area contributed by atoms with Crippen molar-refractivity contribution in [1.82, 2.24) is 9.62 Å². The second-order valence-electron chi connectivity index (χ2n) is 9.76. The van der Waals surface area contributed by atoms with Crippen LogP contribution in [-0.4, -0.2) is 48.8 Å². The molecule has 2 fully saturated rings. The molecule has 0 aromatic heterocycles. The Kier molecular flexibility index (Phi) is 6.63. The molecule has 1 aromatic rings. The average Bonchev–Trinajstić information content (AvgIpc) is 3.09. The van der Waals surface area contributed by atoms with E-state index in [9.17, 15) is 13.2 Å². The molecule has 0 atom stereocenters. The van der Waals surface area contributed by atoms with Crippen LogP contribution in [0, 0.1) is 18.8 Å². The molecule has 1 saturated heterocycles. The highest BCUT2D eigenvalue weighted by atomic mass is 32.2. The third-order valence-electron chi connectivity index (χ3n) is 7.75. The molecule has 0 radical (unpaired) electrons. The lowest BCUT2D eigenvalue weighted by molar-refractivity contribution is -0.125. The maximum atomic E-state index is 13.0. The predicted molar refractivity (Wildman–Crippen MR) is 128 cm³/mol. The average molecular weight is 461 g/mol. The van der Waals surface area contributed by atoms with Gasteiger partial charge in [0.1, 0.15) is 11.4 Å². The van der Waals surface area contributed by atoms with Crippen molar-refractivity contribution in [2.24, 2.45) is 16.8 Å². The molecule has 7 nitrogen and oxygen atoms in total. The first kappa shape index (κ1) is 23.2. The summed E-state index contributed by atoms with van der Waals surface area (Å²) in [6.07, 6.45) is 7.14. The van der Waals surface area contributed by atoms with Gasteiger partial charge >= 0.3 is 0 Å². The lowest BCUT2D eigenvalue weighted by atomic mass is 9.80. The molecule has 2 heterocycles. The molecule has 0 unspecified atom stereocenters. The van der Waals surface area contributed by atoms with E-state index in [1.165, 1.54) is 23.6 Å². The van der Waals surface area contributed by atoms with E-state index in [0.29, 0.717) is 44.0 Å². The van der Waals surface area contributed by atoms with Gasteiger partial charge in [0, 0.05) is 24.7 Å². The molecule has 1 aromatic carbocycles. The van der Waals surface area contributed by atoms with Crippen LogP contribution in [0.15, 0.2) is 23.2 Å². The Balaban J connectivity index is 1.36. The number of aliphatic imine (C=N–C) groups is 1. The first-order valence-corrected chi connectivity index (χ1v) is 13.6. The zero-order chi connectivity index (χ0) is 22.9. The van der Waals surface area contributed by atoms with Crippen molar-refractivity contribution in [2.45, 2.75) is 70.8 Å². The van der Waals surface area contributed by atoms with Crippen LogP contribution >= 0.6 is 0 Å². The van der Waals surface area contributed by atoms with Crippen molar-refractivity contribution >= 4 is 27.5 Å². The Hall–Kier alpha value is -1.93. The number of hydrogen-bond acceptors (Lipinski definition) is 5. The summed E-state index contributed by atoms with van der Waals surface area (Å²) in [6, 6.07) is 5.58. The fourth-order valence-corrected chi connectivity index (χ4v) is 6.90. The van der Waals surface area contributed by atoms with E-state index < -0.39 is 15.6 Å². The number of amides is 1. The van der Waals surface area contributed by atoms with Crippen molar-refractivity contribution in [3.63, 3.8) is 0 Å². The molecule has 1 saturated carbocycles. The maximum Gasteiger partial charge on any atom is 0.253 e. The van der Waals surface area contributed by atoms with E-state index in [-0.39, 0.29) is 11.7 Å². The Morgan fingerprint density at radius 1 is 1.19 bits per heavy atom. The molecule has 3 aliphatic rings. The van der Waals surface area contributed by atoms with Gasteiger partial charge in [0.25, 0.3) is 5.91 Å². The van der Waals surface area contributed by atoms with E-state index in [4.69, 9.17) is 10.7 Å². The van der Waals surface area contributed by atoms with Gasteiger partial charge in [0.2, 0.25) is 10.0 Å². The van der Waals surface area contributed by atoms with Crippen LogP contribution in [0.3, 0.4) is 0 Å². The Bertz CT molecular complexity index is 988. The fraction of sp³-hybridized carbons (Fsp3) is 0.667. The number of nitrogens with two attached hydrogens (primary N) is 1. The van der Waals surface area contributed by atoms with Gasteiger partial charge in [-0.15, -0.1) is 0 Å². The number of nitrogens with zero attached hydrogens (tertiary/aromatic N) is 2. The largest absolute Gasteiger partial charge is 0.399 e. The summed E-state index contributed by atoms with van der Waals surface area (Å²) in [5, 5.41) is 3.06. The van der Waals surface area contributed by atoms with Crippen LogP contribution in [0.5, 0.6) is 0 Å². The number of carbonyl (C=O) groups is 1. The standard InChI is InChI=1S/C24H36N4O3S/c1-3-18-4-6-20(7-5-18)22-26-23(29)24(27-22)11-13-28(14-12-24)32(30,31)15-10-19-8-9-21(25)16-17(19)2/h8-9,16,18,20H,3-7,10-15,25H2,1-2H3,(H,26,27,29). The highest BCUT2D eigenvalue weighted by Gasteiger charge is 2.48. The summed E-state index contributed by atoms with van der Waals surface area (Å²) in [5.74, 6) is 2.00. The summed E-state index contributed by atoms with van der Waals surface area (Å²) < 4.78 is 27.5. The highest BCUT2D eigenvalue weighted by molar-refractivity contribution is 7.89. The van der Waals surface area contributed by atoms with E-state index in [1.54, 1.807) is 0 Å². The number of benzene rings is 1. The molecule has 32 heavy (non-hydrogen) atoms. The molecule has 0 bridgehead atoms. The van der Waals surface area contributed by atoms with Crippen LogP contribution in [-0.2, 0) is 21.2 Å². The topological polar surface area (TPSA) is 105 Å². The van der Waals surface area contributed by atoms with E-state index >= 15 is 0 Å². The van der Waals surface area contributed by atoms with Gasteiger partial charge in [0.05, 0.1) is 5.75 Å². The lowest BCUT2D eigenvalue weighted by Gasteiger charge is -2.34. The van der Waals surface area contributed by atoms with Gasteiger partial charge in [-0.2, -0.15) is 0 Å². The van der Waals surface area contributed by atoms with E-state index in [2.05, 4.69) is 12.2 Å². The fourth-order valence-electron chi connectivity index (χ4n) is 5.42. The molecule has 2 aliphatic heterocycles. The number of aryl methyl sites for hydroxylation is 2. The molecule has 4 rings (SSSR count). The molecule has 1 aliphatic carbocycles. The number of rotatable bonds is 6. The maximum absolute atomic E-state index is 13.0. The van der Waals surface area contributed by atoms with Crippen LogP contribution < -0.4 is 11.1 Å². The van der Waals surface area contributed by atoms with Crippen LogP contribution in [0.25, 0.3) is 0 Å². The number of hydrogen-bond donors (Lipinski definition) is 2. The van der Waals surface area contributed by atoms with Gasteiger partial charge in [-0.25, -0.2) is 12.7 Å². The van der Waals surface area contributed by atoms with Gasteiger partial charge in [-0.1, -0.05) is 19.4 Å². The summed E-state index contributed by atoms with van der Waals surface area (Å²) in [6.45, 7) is 4.88. The summed E-state index contributed by atoms with van der Waals surface area (Å²) in [5.41, 5.74) is 7.71. The van der Waals surface area contributed by atoms with E-state index in [0.717, 1.165) is 35.7 Å². The monoisotopic (exact) mass is 460 g/mol. The Morgan fingerprint density at radius 3 is 2.50 bits per heavy atom. The molecular weight excluding hydrogens is 424 g/mol. The third kappa shape index (κ3) is 4.71. The van der Waals surface area contributed by atoms with Gasteiger partial charge in [-0.05, 0) is 81.0 Å². The normalized spacial score (nSPS) is 26.2. The minimum absolute atomic E-state index is 0.0420. The van der Waals surface area contributed by atoms with Gasteiger partial charge in [0.15, 0.2) is 0 Å². The molecule has 1 amide bonds. The number of nitrogen functional groups attached to an aromatic ring is 1. The highest BCUT2D eigenvalue weighted by Crippen LogP contribution is 2.36. The number of amidine groups is 1. The summed E-state index contributed by atoms with van der Waals surface area (Å²) in [7, 11) is -3.39. The van der Waals surface area contributed by atoms with Crippen LogP contribution in [0.1, 0.15) is 63.0 Å². The molecule has 1 spiro atoms. The predicted octanol–water partition coefficient (Wildman–Crippen LogP) is 3.03. The van der Waals surface area contributed by atoms with Gasteiger partial charge < -0.3 is 11.1 Å². The molecule has 176 valence electrons. The molecule has 3 N–H and O–H groups in total. The lowest BCUT2D eigenvalue weighted by Crippen LogP contribution is -2.51. The number of carbonyl (C=O) groups excluding carboxylic acids is 1. The van der Waals surface area contributed by atoms with Crippen molar-refractivity contribution in [3.05, 3.63) is 29.3 Å². The SMILES string of the molecule is CCC1CCC(C2=NC3(CCN(S(=O)(=O)CCc4ccc(N)cc4C)CC3)C(=O)N2)CC1. The molecule has 8 heteroatoms. The third-order valence-corrected chi connectivity index (χ3v) is 9.62. The first-order chi connectivity index (χ1) is 15.2. The first-order valence-electron chi connectivity index (χ1n) is 12.0. The van der Waals surface area contributed by atoms with Gasteiger partial charge in [-0.3, -0.25) is 9.79 Å². The minimum Gasteiger partial charge on any atom is -0.399 e. The minimum atomic E-state index is -3.39. The number of sulfonamides is 1. The van der Waals surface area contributed by atoms with Crippen molar-refractivity contribution in [2.75, 3.05) is 24.6 Å². The second-order valence-corrected chi connectivity index (χ2v) is 11.8. The number of anilines is 1. The zero-order valence-corrected chi connectivity index (χ0v) is 20.1. The number of piperidine rings is 1. The van der Waals surface area contributed by atoms with Crippen LogP contribution in [0.2, 0.25) is 0 Å². The molecular formula is C24H36N4O3S. The quantitative estimate of drug-likeness (QED) is 0.637. The summed E-state index contributed by atoms with van der Waals surface area (Å²) >= 11 is 0. The van der Waals surface area contributed by atoms with E-state index in [1.807, 2.05) is 25.1 Å². The van der Waals surface area contributed by atoms with Crippen molar-refractivity contribution in [1.29, 1.82) is 0 Å². The zero-order valence-electron chi connectivity index (χ0n) is 19.3. The second kappa shape index (κ2) is 9.14. The van der Waals surface area contributed by atoms with Crippen LogP contribution in [0.4, 0.5) is 5.69 Å². The summed E-state index contributed by atoms with van der Waals surface area (Å²) in [4.78, 5) is 17.7. The van der Waals surface area contributed by atoms with Crippen molar-refractivity contribution in [3.8, 4) is 0 Å². The number of nitrogens with one attached hydrogen (secondary N) is 1.